The second kappa shape index (κ2) is 8.11. The first-order chi connectivity index (χ1) is 10.5. The Morgan fingerprint density at radius 3 is 2.27 bits per heavy atom. The molecule has 0 spiro atoms. The Balaban J connectivity index is 1.91. The monoisotopic (exact) mass is 361 g/mol. The second-order valence-corrected chi connectivity index (χ2v) is 6.32. The number of likely N-dealkylation sites (N-methyl/N-ethyl adjacent to an activating group) is 1. The molecule has 116 valence electrons. The quantitative estimate of drug-likeness (QED) is 0.702. The highest BCUT2D eigenvalue weighted by molar-refractivity contribution is 9.10. The number of ketones is 1. The van der Waals surface area contributed by atoms with Crippen LogP contribution in [0, 0.1) is 0 Å². The molecule has 2 aromatic rings. The van der Waals surface area contributed by atoms with Gasteiger partial charge < -0.3 is 9.64 Å². The van der Waals surface area contributed by atoms with E-state index in [1.165, 1.54) is 0 Å². The van der Waals surface area contributed by atoms with Gasteiger partial charge in [-0.2, -0.15) is 0 Å². The molecule has 0 saturated heterocycles. The van der Waals surface area contributed by atoms with Crippen molar-refractivity contribution in [1.29, 1.82) is 0 Å². The third-order valence-electron chi connectivity index (χ3n) is 3.26. The molecule has 0 fully saturated rings. The lowest BCUT2D eigenvalue weighted by Crippen LogP contribution is -2.19. The van der Waals surface area contributed by atoms with E-state index in [9.17, 15) is 4.79 Å². The van der Waals surface area contributed by atoms with Crippen LogP contribution in [0.1, 0.15) is 15.9 Å². The molecule has 0 radical (unpaired) electrons. The van der Waals surface area contributed by atoms with Gasteiger partial charge in [0.25, 0.3) is 0 Å². The summed E-state index contributed by atoms with van der Waals surface area (Å²) in [6.45, 7) is 1.50. The lowest BCUT2D eigenvalue weighted by molar-refractivity contribution is 0.0993. The fourth-order valence-electron chi connectivity index (χ4n) is 1.97. The Hall–Kier alpha value is -1.65. The summed E-state index contributed by atoms with van der Waals surface area (Å²) in [5.74, 6) is 0.907. The molecule has 0 saturated carbocycles. The smallest absolute Gasteiger partial charge is 0.167 e. The zero-order valence-corrected chi connectivity index (χ0v) is 14.5. The van der Waals surface area contributed by atoms with Gasteiger partial charge in [0.15, 0.2) is 5.78 Å². The number of hydrogen-bond donors (Lipinski definition) is 0. The number of benzene rings is 2. The molecule has 0 unspecified atom stereocenters. The summed E-state index contributed by atoms with van der Waals surface area (Å²) in [5.41, 5.74) is 1.72. The van der Waals surface area contributed by atoms with Crippen molar-refractivity contribution in [2.24, 2.45) is 0 Å². The molecule has 22 heavy (non-hydrogen) atoms. The van der Waals surface area contributed by atoms with E-state index < -0.39 is 0 Å². The SMILES string of the molecule is CN(C)CCOc1ccc(C(=O)Cc2ccc(Br)cc2)cc1. The van der Waals surface area contributed by atoms with E-state index in [2.05, 4.69) is 20.8 Å². The Morgan fingerprint density at radius 2 is 1.68 bits per heavy atom. The van der Waals surface area contributed by atoms with E-state index >= 15 is 0 Å². The summed E-state index contributed by atoms with van der Waals surface area (Å²) in [6.07, 6.45) is 0.411. The lowest BCUT2D eigenvalue weighted by Gasteiger charge is -2.11. The summed E-state index contributed by atoms with van der Waals surface area (Å²) in [7, 11) is 4.01. The maximum atomic E-state index is 12.3. The van der Waals surface area contributed by atoms with E-state index in [-0.39, 0.29) is 5.78 Å². The molecule has 3 nitrogen and oxygen atoms in total. The second-order valence-electron chi connectivity index (χ2n) is 5.40. The van der Waals surface area contributed by atoms with Gasteiger partial charge in [0.1, 0.15) is 12.4 Å². The highest BCUT2D eigenvalue weighted by Crippen LogP contribution is 2.16. The van der Waals surface area contributed by atoms with Gasteiger partial charge in [-0.1, -0.05) is 28.1 Å². The molecule has 2 aromatic carbocycles. The third kappa shape index (κ3) is 5.28. The van der Waals surface area contributed by atoms with Gasteiger partial charge in [-0.25, -0.2) is 0 Å². The van der Waals surface area contributed by atoms with Crippen LogP contribution in [-0.2, 0) is 6.42 Å². The van der Waals surface area contributed by atoms with Crippen LogP contribution in [0.5, 0.6) is 5.75 Å². The fourth-order valence-corrected chi connectivity index (χ4v) is 2.24. The Kier molecular flexibility index (Phi) is 6.16. The Morgan fingerprint density at radius 1 is 1.05 bits per heavy atom. The summed E-state index contributed by atoms with van der Waals surface area (Å²) in [6, 6.07) is 15.2. The maximum Gasteiger partial charge on any atom is 0.167 e. The van der Waals surface area contributed by atoms with Gasteiger partial charge in [0.2, 0.25) is 0 Å². The standard InChI is InChI=1S/C18H20BrNO2/c1-20(2)11-12-22-17-9-5-15(6-10-17)18(21)13-14-3-7-16(19)8-4-14/h3-10H,11-13H2,1-2H3. The van der Waals surface area contributed by atoms with Gasteiger partial charge in [0, 0.05) is 23.0 Å². The van der Waals surface area contributed by atoms with Crippen molar-refractivity contribution in [3.05, 3.63) is 64.1 Å². The summed E-state index contributed by atoms with van der Waals surface area (Å²) < 4.78 is 6.64. The molecule has 2 rings (SSSR count). The first kappa shape index (κ1) is 16.7. The average molecular weight is 362 g/mol. The number of halogens is 1. The minimum Gasteiger partial charge on any atom is -0.492 e. The Bertz CT molecular complexity index is 606. The number of carbonyl (C=O) groups excluding carboxylic acids is 1. The Labute approximate surface area is 140 Å². The molecular formula is C18H20BrNO2. The fraction of sp³-hybridized carbons (Fsp3) is 0.278. The molecule has 0 bridgehead atoms. The zero-order valence-electron chi connectivity index (χ0n) is 12.9. The van der Waals surface area contributed by atoms with E-state index in [1.807, 2.05) is 62.6 Å². The molecule has 0 amide bonds. The van der Waals surface area contributed by atoms with E-state index in [0.717, 1.165) is 22.3 Å². The third-order valence-corrected chi connectivity index (χ3v) is 3.79. The number of nitrogens with zero attached hydrogens (tertiary/aromatic N) is 1. The van der Waals surface area contributed by atoms with Crippen LogP contribution < -0.4 is 4.74 Å². The molecule has 0 aliphatic rings. The van der Waals surface area contributed by atoms with Crippen LogP contribution in [-0.4, -0.2) is 37.9 Å². The van der Waals surface area contributed by atoms with Crippen molar-refractivity contribution >= 4 is 21.7 Å². The first-order valence-corrected chi connectivity index (χ1v) is 7.99. The highest BCUT2D eigenvalue weighted by atomic mass is 79.9. The van der Waals surface area contributed by atoms with Crippen LogP contribution in [0.3, 0.4) is 0 Å². The first-order valence-electron chi connectivity index (χ1n) is 7.20. The predicted octanol–water partition coefficient (Wildman–Crippen LogP) is 3.81. The van der Waals surface area contributed by atoms with E-state index in [1.54, 1.807) is 0 Å². The molecule has 0 aromatic heterocycles. The van der Waals surface area contributed by atoms with Gasteiger partial charge >= 0.3 is 0 Å². The van der Waals surface area contributed by atoms with E-state index in [0.29, 0.717) is 18.6 Å². The van der Waals surface area contributed by atoms with Gasteiger partial charge in [-0.15, -0.1) is 0 Å². The maximum absolute atomic E-state index is 12.3. The summed E-state index contributed by atoms with van der Waals surface area (Å²) in [4.78, 5) is 14.3. The number of hydrogen-bond acceptors (Lipinski definition) is 3. The predicted molar refractivity (Wildman–Crippen MR) is 92.7 cm³/mol. The number of ether oxygens (including phenoxy) is 1. The van der Waals surface area contributed by atoms with Crippen LogP contribution >= 0.6 is 15.9 Å². The van der Waals surface area contributed by atoms with Crippen molar-refractivity contribution in [2.75, 3.05) is 27.2 Å². The molecule has 0 atom stereocenters. The van der Waals surface area contributed by atoms with Gasteiger partial charge in [0.05, 0.1) is 0 Å². The van der Waals surface area contributed by atoms with Crippen LogP contribution in [0.4, 0.5) is 0 Å². The van der Waals surface area contributed by atoms with Crippen molar-refractivity contribution in [2.45, 2.75) is 6.42 Å². The highest BCUT2D eigenvalue weighted by Gasteiger charge is 2.07. The van der Waals surface area contributed by atoms with Crippen molar-refractivity contribution in [3.8, 4) is 5.75 Å². The van der Waals surface area contributed by atoms with Gasteiger partial charge in [-0.05, 0) is 56.1 Å². The van der Waals surface area contributed by atoms with Crippen LogP contribution in [0.15, 0.2) is 53.0 Å². The molecular weight excluding hydrogens is 342 g/mol. The molecule has 0 aliphatic heterocycles. The lowest BCUT2D eigenvalue weighted by atomic mass is 10.0. The van der Waals surface area contributed by atoms with Crippen molar-refractivity contribution in [3.63, 3.8) is 0 Å². The normalized spacial score (nSPS) is 10.7. The van der Waals surface area contributed by atoms with E-state index in [4.69, 9.17) is 4.74 Å². The van der Waals surface area contributed by atoms with Crippen molar-refractivity contribution < 1.29 is 9.53 Å². The van der Waals surface area contributed by atoms with Crippen LogP contribution in [0.2, 0.25) is 0 Å². The molecule has 0 heterocycles. The molecule has 0 aliphatic carbocycles. The topological polar surface area (TPSA) is 29.5 Å². The van der Waals surface area contributed by atoms with Gasteiger partial charge in [-0.3, -0.25) is 4.79 Å². The average Bonchev–Trinajstić information content (AvgIpc) is 2.50. The summed E-state index contributed by atoms with van der Waals surface area (Å²) >= 11 is 3.39. The summed E-state index contributed by atoms with van der Waals surface area (Å²) in [5, 5.41) is 0. The zero-order chi connectivity index (χ0) is 15.9. The number of Topliss-reactive ketones (excluding diaryl/α,β-unsaturated/α-hetero) is 1. The number of rotatable bonds is 7. The van der Waals surface area contributed by atoms with Crippen LogP contribution in [0.25, 0.3) is 0 Å². The molecule has 4 heteroatoms. The van der Waals surface area contributed by atoms with Crippen molar-refractivity contribution in [1.82, 2.24) is 4.90 Å². The molecule has 0 N–H and O–H groups in total. The minimum absolute atomic E-state index is 0.113. The number of carbonyl (C=O) groups is 1. The largest absolute Gasteiger partial charge is 0.492 e. The minimum atomic E-state index is 0.113.